The van der Waals surface area contributed by atoms with Gasteiger partial charge in [-0.15, -0.1) is 0 Å². The van der Waals surface area contributed by atoms with E-state index < -0.39 is 22.0 Å². The lowest BCUT2D eigenvalue weighted by Gasteiger charge is -2.32. The van der Waals surface area contributed by atoms with E-state index in [1.165, 1.54) is 11.9 Å². The summed E-state index contributed by atoms with van der Waals surface area (Å²) in [6.45, 7) is 2.37. The standard InChI is InChI=1S/C23H31N3O4S/c1-4-5-16-24-23(28)22(20-14-10-7-11-15-20)26(17-19-12-8-6-9-13-19)21(27)18-25(2)31(3,29)30/h6-15,22H,4-5,16-18H2,1-3H3,(H,24,28)/t22-/m0/s1. The lowest BCUT2D eigenvalue weighted by Crippen LogP contribution is -2.47. The number of sulfonamides is 1. The van der Waals surface area contributed by atoms with E-state index in [2.05, 4.69) is 5.32 Å². The highest BCUT2D eigenvalue weighted by molar-refractivity contribution is 7.88. The van der Waals surface area contributed by atoms with Crippen molar-refractivity contribution < 1.29 is 18.0 Å². The monoisotopic (exact) mass is 445 g/mol. The highest BCUT2D eigenvalue weighted by Gasteiger charge is 2.32. The maximum absolute atomic E-state index is 13.3. The Morgan fingerprint density at radius 2 is 1.58 bits per heavy atom. The quantitative estimate of drug-likeness (QED) is 0.539. The number of unbranched alkanes of at least 4 members (excludes halogenated alkanes) is 1. The lowest BCUT2D eigenvalue weighted by atomic mass is 10.0. The number of nitrogens with zero attached hydrogens (tertiary/aromatic N) is 2. The van der Waals surface area contributed by atoms with Gasteiger partial charge in [-0.25, -0.2) is 8.42 Å². The van der Waals surface area contributed by atoms with Crippen molar-refractivity contribution in [2.24, 2.45) is 0 Å². The summed E-state index contributed by atoms with van der Waals surface area (Å²) in [5, 5.41) is 2.92. The van der Waals surface area contributed by atoms with Crippen LogP contribution in [0.4, 0.5) is 0 Å². The van der Waals surface area contributed by atoms with Crippen molar-refractivity contribution in [3.05, 3.63) is 71.8 Å². The molecule has 8 heteroatoms. The number of amides is 2. The zero-order valence-electron chi connectivity index (χ0n) is 18.3. The Morgan fingerprint density at radius 1 is 1.00 bits per heavy atom. The minimum absolute atomic E-state index is 0.179. The van der Waals surface area contributed by atoms with E-state index in [-0.39, 0.29) is 19.0 Å². The van der Waals surface area contributed by atoms with E-state index in [9.17, 15) is 18.0 Å². The van der Waals surface area contributed by atoms with Gasteiger partial charge in [0.2, 0.25) is 21.8 Å². The molecule has 0 aliphatic heterocycles. The summed E-state index contributed by atoms with van der Waals surface area (Å²) in [6.07, 6.45) is 2.81. The molecule has 0 unspecified atom stereocenters. The molecule has 7 nitrogen and oxygen atoms in total. The third-order valence-electron chi connectivity index (χ3n) is 4.95. The molecule has 1 N–H and O–H groups in total. The fourth-order valence-electron chi connectivity index (χ4n) is 3.10. The molecular weight excluding hydrogens is 414 g/mol. The third-order valence-corrected chi connectivity index (χ3v) is 6.21. The number of likely N-dealkylation sites (N-methyl/N-ethyl adjacent to an activating group) is 1. The van der Waals surface area contributed by atoms with E-state index in [0.29, 0.717) is 12.1 Å². The van der Waals surface area contributed by atoms with E-state index >= 15 is 0 Å². The molecule has 168 valence electrons. The largest absolute Gasteiger partial charge is 0.354 e. The molecule has 0 heterocycles. The van der Waals surface area contributed by atoms with Crippen LogP contribution in [0.25, 0.3) is 0 Å². The van der Waals surface area contributed by atoms with E-state index in [4.69, 9.17) is 0 Å². The smallest absolute Gasteiger partial charge is 0.247 e. The molecule has 0 aromatic heterocycles. The number of carbonyl (C=O) groups is 2. The predicted octanol–water partition coefficient (Wildman–Crippen LogP) is 2.56. The molecule has 0 bridgehead atoms. The number of hydrogen-bond acceptors (Lipinski definition) is 4. The first-order valence-electron chi connectivity index (χ1n) is 10.3. The van der Waals surface area contributed by atoms with Crippen LogP contribution in [0.1, 0.15) is 36.9 Å². The van der Waals surface area contributed by atoms with Gasteiger partial charge in [-0.05, 0) is 17.5 Å². The number of hydrogen-bond donors (Lipinski definition) is 1. The molecular formula is C23H31N3O4S. The zero-order chi connectivity index (χ0) is 22.9. The van der Waals surface area contributed by atoms with Gasteiger partial charge in [0, 0.05) is 20.1 Å². The fraction of sp³-hybridized carbons (Fsp3) is 0.391. The summed E-state index contributed by atoms with van der Waals surface area (Å²) in [5.41, 5.74) is 1.52. The fourth-order valence-corrected chi connectivity index (χ4v) is 3.44. The summed E-state index contributed by atoms with van der Waals surface area (Å²) >= 11 is 0. The molecule has 2 aromatic carbocycles. The predicted molar refractivity (Wildman–Crippen MR) is 122 cm³/mol. The first-order valence-corrected chi connectivity index (χ1v) is 12.2. The van der Waals surface area contributed by atoms with E-state index in [0.717, 1.165) is 29.0 Å². The Morgan fingerprint density at radius 3 is 2.13 bits per heavy atom. The average molecular weight is 446 g/mol. The summed E-state index contributed by atoms with van der Waals surface area (Å²) < 4.78 is 24.7. The average Bonchev–Trinajstić information content (AvgIpc) is 2.74. The van der Waals surface area contributed by atoms with Gasteiger partial charge in [0.05, 0.1) is 12.8 Å². The summed E-state index contributed by atoms with van der Waals surface area (Å²) in [4.78, 5) is 27.9. The van der Waals surface area contributed by atoms with Crippen LogP contribution in [-0.2, 0) is 26.2 Å². The Kier molecular flexibility index (Phi) is 9.21. The van der Waals surface area contributed by atoms with Crippen molar-refractivity contribution in [1.29, 1.82) is 0 Å². The highest BCUT2D eigenvalue weighted by atomic mass is 32.2. The molecule has 2 aromatic rings. The molecule has 2 rings (SSSR count). The third kappa shape index (κ3) is 7.48. The molecule has 0 fully saturated rings. The van der Waals surface area contributed by atoms with Crippen molar-refractivity contribution in [1.82, 2.24) is 14.5 Å². The number of rotatable bonds is 11. The molecule has 0 saturated heterocycles. The van der Waals surface area contributed by atoms with E-state index in [1.807, 2.05) is 55.5 Å². The van der Waals surface area contributed by atoms with Gasteiger partial charge in [0.15, 0.2) is 0 Å². The van der Waals surface area contributed by atoms with Gasteiger partial charge in [0.25, 0.3) is 0 Å². The Hall–Kier alpha value is -2.71. The number of benzene rings is 2. The van der Waals surface area contributed by atoms with Crippen LogP contribution in [0.2, 0.25) is 0 Å². The van der Waals surface area contributed by atoms with E-state index in [1.54, 1.807) is 12.1 Å². The summed E-state index contributed by atoms with van der Waals surface area (Å²) in [6, 6.07) is 17.5. The minimum atomic E-state index is -3.55. The second-order valence-electron chi connectivity index (χ2n) is 7.48. The first kappa shape index (κ1) is 24.6. The normalized spacial score (nSPS) is 12.4. The molecule has 2 amide bonds. The van der Waals surface area contributed by atoms with Crippen LogP contribution in [0, 0.1) is 0 Å². The van der Waals surface area contributed by atoms with Crippen molar-refractivity contribution in [3.63, 3.8) is 0 Å². The molecule has 0 aliphatic carbocycles. The Labute approximate surface area is 185 Å². The van der Waals surface area contributed by atoms with Crippen LogP contribution >= 0.6 is 0 Å². The first-order chi connectivity index (χ1) is 14.7. The SMILES string of the molecule is CCCCNC(=O)[C@H](c1ccccc1)N(Cc1ccccc1)C(=O)CN(C)S(C)(=O)=O. The van der Waals surface area contributed by atoms with Gasteiger partial charge in [-0.2, -0.15) is 4.31 Å². The second kappa shape index (κ2) is 11.6. The summed E-state index contributed by atoms with van der Waals surface area (Å²) in [5.74, 6) is -0.734. The Balaban J connectivity index is 2.43. The molecule has 0 radical (unpaired) electrons. The second-order valence-corrected chi connectivity index (χ2v) is 9.57. The summed E-state index contributed by atoms with van der Waals surface area (Å²) in [7, 11) is -2.19. The van der Waals surface area contributed by atoms with Crippen molar-refractivity contribution in [3.8, 4) is 0 Å². The maximum Gasteiger partial charge on any atom is 0.247 e. The molecule has 0 aliphatic rings. The van der Waals surface area contributed by atoms with Crippen LogP contribution < -0.4 is 5.32 Å². The maximum atomic E-state index is 13.3. The molecule has 31 heavy (non-hydrogen) atoms. The Bertz CT molecular complexity index is 949. The van der Waals surface area contributed by atoms with Gasteiger partial charge in [-0.3, -0.25) is 9.59 Å². The van der Waals surface area contributed by atoms with Gasteiger partial charge >= 0.3 is 0 Å². The molecule has 0 saturated carbocycles. The number of carbonyl (C=O) groups excluding carboxylic acids is 2. The lowest BCUT2D eigenvalue weighted by molar-refractivity contribution is -0.141. The van der Waals surface area contributed by atoms with Crippen molar-refractivity contribution >= 4 is 21.8 Å². The van der Waals surface area contributed by atoms with Gasteiger partial charge in [0.1, 0.15) is 6.04 Å². The van der Waals surface area contributed by atoms with Gasteiger partial charge < -0.3 is 10.2 Å². The topological polar surface area (TPSA) is 86.8 Å². The minimum Gasteiger partial charge on any atom is -0.354 e. The number of nitrogens with one attached hydrogen (secondary N) is 1. The molecule has 0 spiro atoms. The van der Waals surface area contributed by atoms with Gasteiger partial charge in [-0.1, -0.05) is 74.0 Å². The zero-order valence-corrected chi connectivity index (χ0v) is 19.1. The molecule has 1 atom stereocenters. The van der Waals surface area contributed by atoms with Crippen LogP contribution in [-0.4, -0.2) is 55.8 Å². The van der Waals surface area contributed by atoms with Crippen molar-refractivity contribution in [2.75, 3.05) is 26.4 Å². The van der Waals surface area contributed by atoms with Crippen LogP contribution in [0.5, 0.6) is 0 Å². The van der Waals surface area contributed by atoms with Crippen molar-refractivity contribution in [2.45, 2.75) is 32.4 Å². The van der Waals surface area contributed by atoms with Crippen LogP contribution in [0.15, 0.2) is 60.7 Å². The van der Waals surface area contributed by atoms with Crippen LogP contribution in [0.3, 0.4) is 0 Å². The highest BCUT2D eigenvalue weighted by Crippen LogP contribution is 2.24.